The maximum absolute atomic E-state index is 13.4. The lowest BCUT2D eigenvalue weighted by Crippen LogP contribution is -2.41. The zero-order chi connectivity index (χ0) is 13.0. The van der Waals surface area contributed by atoms with E-state index in [0.29, 0.717) is 12.1 Å². The fraction of sp³-hybridized carbons (Fsp3) is 0.417. The van der Waals surface area contributed by atoms with Gasteiger partial charge >= 0.3 is 0 Å². The molecule has 6 heteroatoms. The maximum Gasteiger partial charge on any atom is 0.238 e. The van der Waals surface area contributed by atoms with E-state index in [-0.39, 0.29) is 17.7 Å². The number of amides is 1. The summed E-state index contributed by atoms with van der Waals surface area (Å²) in [6.07, 6.45) is 0. The number of hydrogen-bond donors (Lipinski definition) is 2. The first-order valence-electron chi connectivity index (χ1n) is 5.62. The fourth-order valence-electron chi connectivity index (χ4n) is 1.70. The topological polar surface area (TPSA) is 50.4 Å². The Morgan fingerprint density at radius 1 is 1.67 bits per heavy atom. The van der Waals surface area contributed by atoms with Crippen LogP contribution in [0.25, 0.3) is 0 Å². The van der Waals surface area contributed by atoms with Gasteiger partial charge in [-0.15, -0.1) is 11.8 Å². The number of carbonyl (C=O) groups is 1. The van der Waals surface area contributed by atoms with Crippen LogP contribution in [0, 0.1) is 5.82 Å². The van der Waals surface area contributed by atoms with Crippen molar-refractivity contribution in [3.8, 4) is 5.75 Å². The number of nitrogens with one attached hydrogen (secondary N) is 2. The predicted octanol–water partition coefficient (Wildman–Crippen LogP) is 1.11. The van der Waals surface area contributed by atoms with Crippen LogP contribution in [0.2, 0.25) is 0 Å². The number of ether oxygens (including phenoxy) is 1. The van der Waals surface area contributed by atoms with E-state index in [1.165, 1.54) is 13.2 Å². The van der Waals surface area contributed by atoms with E-state index in [1.807, 2.05) is 0 Å². The molecule has 1 heterocycles. The van der Waals surface area contributed by atoms with Crippen LogP contribution in [0.5, 0.6) is 5.75 Å². The minimum absolute atomic E-state index is 0.0452. The molecule has 1 fully saturated rings. The highest BCUT2D eigenvalue weighted by molar-refractivity contribution is 7.99. The molecule has 1 aromatic carbocycles. The molecule has 1 saturated heterocycles. The molecule has 1 aromatic rings. The summed E-state index contributed by atoms with van der Waals surface area (Å²) in [5.74, 6) is 1.33. The zero-order valence-corrected chi connectivity index (χ0v) is 10.8. The first-order valence-corrected chi connectivity index (χ1v) is 6.77. The third-order valence-corrected chi connectivity index (χ3v) is 3.66. The molecule has 0 bridgehead atoms. The van der Waals surface area contributed by atoms with Crippen LogP contribution in [0.4, 0.5) is 4.39 Å². The molecule has 18 heavy (non-hydrogen) atoms. The van der Waals surface area contributed by atoms with Crippen LogP contribution in [0.3, 0.4) is 0 Å². The number of halogens is 1. The van der Waals surface area contributed by atoms with Gasteiger partial charge < -0.3 is 10.1 Å². The summed E-state index contributed by atoms with van der Waals surface area (Å²) >= 11 is 1.69. The Kier molecular flexibility index (Phi) is 4.43. The summed E-state index contributed by atoms with van der Waals surface area (Å²) in [6.45, 7) is 0.322. The van der Waals surface area contributed by atoms with Crippen LogP contribution in [-0.4, -0.2) is 30.7 Å². The Hall–Kier alpha value is -1.27. The number of thioether (sulfide) groups is 1. The maximum atomic E-state index is 13.4. The molecule has 0 aliphatic carbocycles. The number of carbonyl (C=O) groups excluding carboxylic acids is 1. The smallest absolute Gasteiger partial charge is 0.238 e. The molecule has 1 aliphatic rings. The third-order valence-electron chi connectivity index (χ3n) is 2.72. The number of methoxy groups -OCH3 is 1. The molecule has 1 amide bonds. The first kappa shape index (κ1) is 13.2. The summed E-state index contributed by atoms with van der Waals surface area (Å²) in [5, 5.41) is 5.86. The molecule has 2 N–H and O–H groups in total. The normalized spacial score (nSPS) is 18.7. The van der Waals surface area contributed by atoms with Gasteiger partial charge in [-0.05, 0) is 17.7 Å². The van der Waals surface area contributed by atoms with Gasteiger partial charge in [-0.1, -0.05) is 6.07 Å². The van der Waals surface area contributed by atoms with Crippen molar-refractivity contribution >= 4 is 17.7 Å². The Labute approximate surface area is 109 Å². The highest BCUT2D eigenvalue weighted by atomic mass is 32.2. The van der Waals surface area contributed by atoms with Crippen LogP contribution in [-0.2, 0) is 11.3 Å². The summed E-state index contributed by atoms with van der Waals surface area (Å²) in [5.41, 5.74) is 0.715. The number of hydrogen-bond acceptors (Lipinski definition) is 4. The molecule has 1 unspecified atom stereocenters. The molecule has 0 radical (unpaired) electrons. The second-order valence-corrected chi connectivity index (χ2v) is 4.99. The SMILES string of the molecule is COc1ccc(CNC(=O)C2CSCN2)cc1F. The summed E-state index contributed by atoms with van der Waals surface area (Å²) in [6, 6.07) is 4.52. The predicted molar refractivity (Wildman–Crippen MR) is 69.0 cm³/mol. The van der Waals surface area contributed by atoms with Gasteiger partial charge in [-0.3, -0.25) is 10.1 Å². The molecule has 1 atom stereocenters. The van der Waals surface area contributed by atoms with Crippen LogP contribution in [0.1, 0.15) is 5.56 Å². The Bertz CT molecular complexity index is 436. The highest BCUT2D eigenvalue weighted by Gasteiger charge is 2.21. The van der Waals surface area contributed by atoms with Gasteiger partial charge in [0.1, 0.15) is 0 Å². The molecule has 0 saturated carbocycles. The van der Waals surface area contributed by atoms with Crippen molar-refractivity contribution < 1.29 is 13.9 Å². The Morgan fingerprint density at radius 2 is 2.50 bits per heavy atom. The average molecular weight is 270 g/mol. The molecular weight excluding hydrogens is 255 g/mol. The lowest BCUT2D eigenvalue weighted by atomic mass is 10.2. The van der Waals surface area contributed by atoms with Crippen molar-refractivity contribution in [3.63, 3.8) is 0 Å². The minimum atomic E-state index is -0.418. The zero-order valence-electron chi connectivity index (χ0n) is 10.0. The summed E-state index contributed by atoms with van der Waals surface area (Å²) in [7, 11) is 1.42. The Morgan fingerprint density at radius 3 is 3.11 bits per heavy atom. The molecule has 98 valence electrons. The molecule has 0 spiro atoms. The van der Waals surface area contributed by atoms with Crippen LogP contribution in [0.15, 0.2) is 18.2 Å². The van der Waals surface area contributed by atoms with E-state index in [2.05, 4.69) is 10.6 Å². The lowest BCUT2D eigenvalue weighted by Gasteiger charge is -2.11. The van der Waals surface area contributed by atoms with E-state index in [9.17, 15) is 9.18 Å². The lowest BCUT2D eigenvalue weighted by molar-refractivity contribution is -0.122. The number of rotatable bonds is 4. The second-order valence-electron chi connectivity index (χ2n) is 3.96. The van der Waals surface area contributed by atoms with Crippen molar-refractivity contribution in [2.45, 2.75) is 12.6 Å². The van der Waals surface area contributed by atoms with Gasteiger partial charge in [0.15, 0.2) is 11.6 Å². The first-order chi connectivity index (χ1) is 8.70. The summed E-state index contributed by atoms with van der Waals surface area (Å²) < 4.78 is 18.3. The third kappa shape index (κ3) is 3.14. The van der Waals surface area contributed by atoms with Gasteiger partial charge in [0, 0.05) is 18.2 Å². The molecular formula is C12H15FN2O2S. The highest BCUT2D eigenvalue weighted by Crippen LogP contribution is 2.17. The van der Waals surface area contributed by atoms with Crippen LogP contribution < -0.4 is 15.4 Å². The summed E-state index contributed by atoms with van der Waals surface area (Å²) in [4.78, 5) is 11.7. The van der Waals surface area contributed by atoms with Crippen LogP contribution >= 0.6 is 11.8 Å². The van der Waals surface area contributed by atoms with Gasteiger partial charge in [0.05, 0.1) is 13.2 Å². The van der Waals surface area contributed by atoms with Crippen molar-refractivity contribution in [2.24, 2.45) is 0 Å². The second kappa shape index (κ2) is 6.06. The van der Waals surface area contributed by atoms with E-state index < -0.39 is 5.82 Å². The van der Waals surface area contributed by atoms with E-state index in [4.69, 9.17) is 4.74 Å². The van der Waals surface area contributed by atoms with E-state index in [0.717, 1.165) is 11.6 Å². The van der Waals surface area contributed by atoms with Gasteiger partial charge in [0.25, 0.3) is 0 Å². The minimum Gasteiger partial charge on any atom is -0.494 e. The Balaban J connectivity index is 1.89. The van der Waals surface area contributed by atoms with Gasteiger partial charge in [-0.2, -0.15) is 0 Å². The average Bonchev–Trinajstić information content (AvgIpc) is 2.90. The fourth-order valence-corrected chi connectivity index (χ4v) is 2.64. The molecule has 1 aliphatic heterocycles. The van der Waals surface area contributed by atoms with Crippen molar-refractivity contribution in [2.75, 3.05) is 18.7 Å². The van der Waals surface area contributed by atoms with Gasteiger partial charge in [0.2, 0.25) is 5.91 Å². The largest absolute Gasteiger partial charge is 0.494 e. The molecule has 0 aromatic heterocycles. The van der Waals surface area contributed by atoms with E-state index in [1.54, 1.807) is 23.9 Å². The monoisotopic (exact) mass is 270 g/mol. The number of benzene rings is 1. The standard InChI is InChI=1S/C12H15FN2O2S/c1-17-11-3-2-8(4-9(11)13)5-14-12(16)10-6-18-7-15-10/h2-4,10,15H,5-7H2,1H3,(H,14,16). The molecule has 2 rings (SSSR count). The van der Waals surface area contributed by atoms with Crippen molar-refractivity contribution in [3.05, 3.63) is 29.6 Å². The van der Waals surface area contributed by atoms with Crippen molar-refractivity contribution in [1.29, 1.82) is 0 Å². The van der Waals surface area contributed by atoms with Gasteiger partial charge in [-0.25, -0.2) is 4.39 Å². The van der Waals surface area contributed by atoms with E-state index >= 15 is 0 Å². The quantitative estimate of drug-likeness (QED) is 0.860. The molecule has 4 nitrogen and oxygen atoms in total. The van der Waals surface area contributed by atoms with Crippen molar-refractivity contribution in [1.82, 2.24) is 10.6 Å².